The van der Waals surface area contributed by atoms with E-state index in [1.807, 2.05) is 44.2 Å². The van der Waals surface area contributed by atoms with Gasteiger partial charge in [0.05, 0.1) is 5.52 Å². The van der Waals surface area contributed by atoms with Crippen molar-refractivity contribution in [2.75, 3.05) is 13.1 Å². The number of benzene rings is 2. The average molecular weight is 467 g/mol. The first-order valence-electron chi connectivity index (χ1n) is 11.6. The summed E-state index contributed by atoms with van der Waals surface area (Å²) in [6.07, 6.45) is 4.36. The maximum Gasteiger partial charge on any atom is 0.272 e. The molecule has 0 unspecified atom stereocenters. The number of ether oxygens (including phenoxy) is 1. The van der Waals surface area contributed by atoms with Crippen molar-refractivity contribution in [2.24, 2.45) is 0 Å². The summed E-state index contributed by atoms with van der Waals surface area (Å²) < 4.78 is 6.23. The Kier molecular flexibility index (Phi) is 6.14. The van der Waals surface area contributed by atoms with Gasteiger partial charge in [0.1, 0.15) is 17.2 Å². The van der Waals surface area contributed by atoms with Crippen molar-refractivity contribution in [3.63, 3.8) is 0 Å². The third-order valence-corrected chi connectivity index (χ3v) is 6.25. The number of aryl methyl sites for hydroxylation is 1. The van der Waals surface area contributed by atoms with Gasteiger partial charge in [-0.2, -0.15) is 0 Å². The Morgan fingerprint density at radius 2 is 1.80 bits per heavy atom. The SMILES string of the molecule is Cc1ccc2c(Oc3cccc(C(=O)NCc4ccnc(C(=O)N5CCC5)c4)c3C)ccnc2c1. The Bertz CT molecular complexity index is 1430. The van der Waals surface area contributed by atoms with E-state index >= 15 is 0 Å². The standard InChI is InChI=1S/C28H26N4O3/c1-18-7-8-22-23(15-18)29-12-10-26(22)35-25-6-3-5-21(19(25)2)27(33)31-17-20-9-11-30-24(16-20)28(34)32-13-4-14-32/h3,5-12,15-16H,4,13-14,17H2,1-2H3,(H,31,33). The third-order valence-electron chi connectivity index (χ3n) is 6.25. The van der Waals surface area contributed by atoms with E-state index in [4.69, 9.17) is 4.74 Å². The number of carbonyl (C=O) groups excluding carboxylic acids is 2. The van der Waals surface area contributed by atoms with Gasteiger partial charge in [0, 0.05) is 48.5 Å². The van der Waals surface area contributed by atoms with E-state index in [9.17, 15) is 9.59 Å². The summed E-state index contributed by atoms with van der Waals surface area (Å²) in [5.74, 6) is 1.02. The van der Waals surface area contributed by atoms with Gasteiger partial charge in [-0.15, -0.1) is 0 Å². The molecule has 1 aliphatic rings. The summed E-state index contributed by atoms with van der Waals surface area (Å²) in [7, 11) is 0. The van der Waals surface area contributed by atoms with E-state index < -0.39 is 0 Å². The summed E-state index contributed by atoms with van der Waals surface area (Å²) in [5.41, 5.74) is 4.48. The van der Waals surface area contributed by atoms with Crippen LogP contribution in [0.4, 0.5) is 0 Å². The second-order valence-corrected chi connectivity index (χ2v) is 8.74. The predicted molar refractivity (Wildman–Crippen MR) is 134 cm³/mol. The van der Waals surface area contributed by atoms with Crippen molar-refractivity contribution in [1.82, 2.24) is 20.2 Å². The Morgan fingerprint density at radius 3 is 2.60 bits per heavy atom. The van der Waals surface area contributed by atoms with Gasteiger partial charge in [0.2, 0.25) is 0 Å². The minimum atomic E-state index is -0.212. The van der Waals surface area contributed by atoms with Crippen LogP contribution in [0.15, 0.2) is 67.0 Å². The van der Waals surface area contributed by atoms with Crippen molar-refractivity contribution in [3.05, 3.63) is 94.9 Å². The average Bonchev–Trinajstić information content (AvgIpc) is 2.83. The number of pyridine rings is 2. The van der Waals surface area contributed by atoms with Crippen molar-refractivity contribution < 1.29 is 14.3 Å². The Balaban J connectivity index is 1.31. The number of fused-ring (bicyclic) bond motifs is 1. The molecule has 1 fully saturated rings. The number of hydrogen-bond donors (Lipinski definition) is 1. The smallest absolute Gasteiger partial charge is 0.272 e. The number of carbonyl (C=O) groups is 2. The molecule has 1 N–H and O–H groups in total. The molecule has 4 aromatic rings. The molecule has 2 aromatic carbocycles. The summed E-state index contributed by atoms with van der Waals surface area (Å²) in [6, 6.07) is 16.8. The first-order chi connectivity index (χ1) is 17.0. The highest BCUT2D eigenvalue weighted by atomic mass is 16.5. The first kappa shape index (κ1) is 22.5. The zero-order chi connectivity index (χ0) is 24.4. The lowest BCUT2D eigenvalue weighted by Gasteiger charge is -2.30. The largest absolute Gasteiger partial charge is 0.456 e. The quantitative estimate of drug-likeness (QED) is 0.441. The minimum Gasteiger partial charge on any atom is -0.456 e. The van der Waals surface area contributed by atoms with Crippen LogP contribution in [0.25, 0.3) is 10.9 Å². The van der Waals surface area contributed by atoms with Crippen LogP contribution in [-0.4, -0.2) is 39.8 Å². The van der Waals surface area contributed by atoms with Crippen molar-refractivity contribution in [1.29, 1.82) is 0 Å². The van der Waals surface area contributed by atoms with Gasteiger partial charge in [-0.25, -0.2) is 0 Å². The van der Waals surface area contributed by atoms with Crippen LogP contribution in [0.5, 0.6) is 11.5 Å². The molecule has 1 saturated heterocycles. The van der Waals surface area contributed by atoms with Gasteiger partial charge < -0.3 is 15.0 Å². The fraction of sp³-hybridized carbons (Fsp3) is 0.214. The van der Waals surface area contributed by atoms with Crippen molar-refractivity contribution >= 4 is 22.7 Å². The van der Waals surface area contributed by atoms with Gasteiger partial charge in [-0.1, -0.05) is 12.1 Å². The molecule has 176 valence electrons. The molecule has 3 heterocycles. The van der Waals surface area contributed by atoms with Crippen LogP contribution in [0.1, 0.15) is 44.0 Å². The number of nitrogens with one attached hydrogen (secondary N) is 1. The fourth-order valence-corrected chi connectivity index (χ4v) is 4.07. The summed E-state index contributed by atoms with van der Waals surface area (Å²) in [5, 5.41) is 3.86. The van der Waals surface area contributed by atoms with Crippen LogP contribution in [0.2, 0.25) is 0 Å². The molecular formula is C28H26N4O3. The highest BCUT2D eigenvalue weighted by Crippen LogP contribution is 2.32. The second-order valence-electron chi connectivity index (χ2n) is 8.74. The van der Waals surface area contributed by atoms with Crippen LogP contribution < -0.4 is 10.1 Å². The lowest BCUT2D eigenvalue weighted by Crippen LogP contribution is -2.42. The number of likely N-dealkylation sites (tertiary alicyclic amines) is 1. The van der Waals surface area contributed by atoms with Crippen molar-refractivity contribution in [2.45, 2.75) is 26.8 Å². The fourth-order valence-electron chi connectivity index (χ4n) is 4.07. The lowest BCUT2D eigenvalue weighted by molar-refractivity contribution is 0.0645. The van der Waals surface area contributed by atoms with Crippen LogP contribution >= 0.6 is 0 Å². The van der Waals surface area contributed by atoms with Gasteiger partial charge in [0.25, 0.3) is 11.8 Å². The molecule has 1 aliphatic heterocycles. The van der Waals surface area contributed by atoms with E-state index in [0.29, 0.717) is 29.3 Å². The molecule has 0 atom stereocenters. The maximum atomic E-state index is 13.0. The molecule has 0 aliphatic carbocycles. The van der Waals surface area contributed by atoms with E-state index in [0.717, 1.165) is 47.1 Å². The topological polar surface area (TPSA) is 84.4 Å². The molecule has 0 radical (unpaired) electrons. The molecule has 2 aromatic heterocycles. The number of hydrogen-bond acceptors (Lipinski definition) is 5. The number of nitrogens with zero attached hydrogens (tertiary/aromatic N) is 3. The second kappa shape index (κ2) is 9.54. The van der Waals surface area contributed by atoms with Gasteiger partial charge in [-0.05, 0) is 73.9 Å². The minimum absolute atomic E-state index is 0.0658. The van der Waals surface area contributed by atoms with E-state index in [-0.39, 0.29) is 11.8 Å². The zero-order valence-electron chi connectivity index (χ0n) is 19.7. The normalized spacial score (nSPS) is 12.8. The van der Waals surface area contributed by atoms with Crippen LogP contribution in [0.3, 0.4) is 0 Å². The highest BCUT2D eigenvalue weighted by Gasteiger charge is 2.22. The highest BCUT2D eigenvalue weighted by molar-refractivity contribution is 5.96. The van der Waals surface area contributed by atoms with E-state index in [2.05, 4.69) is 15.3 Å². The maximum absolute atomic E-state index is 13.0. The summed E-state index contributed by atoms with van der Waals surface area (Å²) >= 11 is 0. The monoisotopic (exact) mass is 466 g/mol. The van der Waals surface area contributed by atoms with Gasteiger partial charge >= 0.3 is 0 Å². The molecule has 0 spiro atoms. The molecule has 0 bridgehead atoms. The number of aromatic nitrogens is 2. The lowest BCUT2D eigenvalue weighted by atomic mass is 10.1. The Hall–Kier alpha value is -4.26. The van der Waals surface area contributed by atoms with Crippen molar-refractivity contribution in [3.8, 4) is 11.5 Å². The molecule has 2 amide bonds. The number of amides is 2. The first-order valence-corrected chi connectivity index (χ1v) is 11.6. The van der Waals surface area contributed by atoms with Crippen LogP contribution in [0, 0.1) is 13.8 Å². The number of rotatable bonds is 6. The van der Waals surface area contributed by atoms with Gasteiger partial charge in [-0.3, -0.25) is 19.6 Å². The third kappa shape index (κ3) is 4.71. The molecule has 7 heteroatoms. The van der Waals surface area contributed by atoms with Crippen LogP contribution in [-0.2, 0) is 6.54 Å². The predicted octanol–water partition coefficient (Wildman–Crippen LogP) is 4.81. The summed E-state index contributed by atoms with van der Waals surface area (Å²) in [6.45, 7) is 5.73. The van der Waals surface area contributed by atoms with Gasteiger partial charge in [0.15, 0.2) is 0 Å². The Morgan fingerprint density at radius 1 is 0.971 bits per heavy atom. The molecule has 35 heavy (non-hydrogen) atoms. The molecule has 0 saturated carbocycles. The molecule has 5 rings (SSSR count). The van der Waals surface area contributed by atoms with E-state index in [1.165, 1.54) is 0 Å². The zero-order valence-corrected chi connectivity index (χ0v) is 19.7. The molecule has 7 nitrogen and oxygen atoms in total. The van der Waals surface area contributed by atoms with E-state index in [1.54, 1.807) is 41.6 Å². The molecular weight excluding hydrogens is 440 g/mol. The Labute approximate surface area is 203 Å². The summed E-state index contributed by atoms with van der Waals surface area (Å²) in [4.78, 5) is 35.8.